The summed E-state index contributed by atoms with van der Waals surface area (Å²) in [6, 6.07) is 7.47. The summed E-state index contributed by atoms with van der Waals surface area (Å²) in [5.74, 6) is 0.703. The summed E-state index contributed by atoms with van der Waals surface area (Å²) in [5, 5.41) is 14.2. The lowest BCUT2D eigenvalue weighted by Crippen LogP contribution is -2.34. The van der Waals surface area contributed by atoms with E-state index in [2.05, 4.69) is 10.2 Å². The molecular formula is C12H15N3O2. The summed E-state index contributed by atoms with van der Waals surface area (Å²) >= 11 is 0. The zero-order chi connectivity index (χ0) is 11.8. The number of benzene rings is 1. The third kappa shape index (κ3) is 1.76. The number of fused-ring (bicyclic) bond motifs is 1. The van der Waals surface area contributed by atoms with Crippen molar-refractivity contribution >= 4 is 11.4 Å². The molecule has 2 fully saturated rings. The quantitative estimate of drug-likeness (QED) is 0.619. The van der Waals surface area contributed by atoms with E-state index < -0.39 is 0 Å². The Morgan fingerprint density at radius 3 is 3.12 bits per heavy atom. The van der Waals surface area contributed by atoms with E-state index in [1.807, 2.05) is 6.07 Å². The molecule has 0 bridgehead atoms. The van der Waals surface area contributed by atoms with Crippen LogP contribution in [-0.2, 0) is 0 Å². The minimum atomic E-state index is -0.329. The maximum absolute atomic E-state index is 10.8. The van der Waals surface area contributed by atoms with Crippen LogP contribution in [0.15, 0.2) is 24.3 Å². The van der Waals surface area contributed by atoms with E-state index in [0.29, 0.717) is 12.0 Å². The summed E-state index contributed by atoms with van der Waals surface area (Å²) in [6.07, 6.45) is 1.18. The molecule has 1 aromatic rings. The molecule has 0 aliphatic carbocycles. The number of hydrogen-bond acceptors (Lipinski definition) is 4. The van der Waals surface area contributed by atoms with Crippen molar-refractivity contribution in [3.63, 3.8) is 0 Å². The minimum absolute atomic E-state index is 0.178. The second-order valence-electron chi connectivity index (χ2n) is 4.74. The van der Waals surface area contributed by atoms with Crippen molar-refractivity contribution in [1.82, 2.24) is 5.32 Å². The highest BCUT2D eigenvalue weighted by Gasteiger charge is 2.37. The fraction of sp³-hybridized carbons (Fsp3) is 0.500. The van der Waals surface area contributed by atoms with Gasteiger partial charge in [-0.05, 0) is 18.4 Å². The number of hydrogen-bond donors (Lipinski definition) is 1. The molecule has 2 atom stereocenters. The van der Waals surface area contributed by atoms with Gasteiger partial charge in [0.1, 0.15) is 0 Å². The van der Waals surface area contributed by atoms with Crippen LogP contribution in [0, 0.1) is 16.0 Å². The van der Waals surface area contributed by atoms with Crippen LogP contribution in [0.2, 0.25) is 0 Å². The number of rotatable bonds is 2. The van der Waals surface area contributed by atoms with E-state index in [1.54, 1.807) is 18.2 Å². The Labute approximate surface area is 99.6 Å². The normalized spacial score (nSPS) is 27.2. The number of nitro groups is 1. The van der Waals surface area contributed by atoms with Crippen LogP contribution in [0.1, 0.15) is 6.42 Å². The van der Waals surface area contributed by atoms with Crippen LogP contribution < -0.4 is 10.2 Å². The van der Waals surface area contributed by atoms with Gasteiger partial charge in [0.15, 0.2) is 0 Å². The van der Waals surface area contributed by atoms with Gasteiger partial charge in [0, 0.05) is 43.5 Å². The van der Waals surface area contributed by atoms with Gasteiger partial charge in [-0.25, -0.2) is 0 Å². The Morgan fingerprint density at radius 2 is 2.29 bits per heavy atom. The second kappa shape index (κ2) is 4.00. The van der Waals surface area contributed by atoms with E-state index in [4.69, 9.17) is 0 Å². The van der Waals surface area contributed by atoms with Gasteiger partial charge in [-0.15, -0.1) is 0 Å². The molecule has 0 radical (unpaired) electrons. The molecule has 2 heterocycles. The smallest absolute Gasteiger partial charge is 0.271 e. The fourth-order valence-corrected chi connectivity index (χ4v) is 2.95. The first kappa shape index (κ1) is 10.5. The van der Waals surface area contributed by atoms with Crippen molar-refractivity contribution in [2.75, 3.05) is 24.5 Å². The monoisotopic (exact) mass is 233 g/mol. The Balaban J connectivity index is 1.88. The molecule has 2 aliphatic heterocycles. The molecule has 5 heteroatoms. The number of nitrogens with zero attached hydrogens (tertiary/aromatic N) is 2. The third-order valence-electron chi connectivity index (χ3n) is 3.82. The van der Waals surface area contributed by atoms with Crippen molar-refractivity contribution in [1.29, 1.82) is 0 Å². The predicted molar refractivity (Wildman–Crippen MR) is 65.2 cm³/mol. The summed E-state index contributed by atoms with van der Waals surface area (Å²) in [6.45, 7) is 3.08. The lowest BCUT2D eigenvalue weighted by Gasteiger charge is -2.25. The molecule has 3 rings (SSSR count). The van der Waals surface area contributed by atoms with Gasteiger partial charge in [-0.3, -0.25) is 10.1 Å². The number of non-ortho nitro benzene ring substituents is 1. The highest BCUT2D eigenvalue weighted by molar-refractivity contribution is 5.55. The van der Waals surface area contributed by atoms with Crippen molar-refractivity contribution in [3.05, 3.63) is 34.4 Å². The molecule has 0 unspecified atom stereocenters. The van der Waals surface area contributed by atoms with E-state index >= 15 is 0 Å². The van der Waals surface area contributed by atoms with E-state index in [-0.39, 0.29) is 10.6 Å². The van der Waals surface area contributed by atoms with E-state index in [0.717, 1.165) is 25.3 Å². The van der Waals surface area contributed by atoms with Crippen molar-refractivity contribution in [2.24, 2.45) is 5.92 Å². The van der Waals surface area contributed by atoms with Crippen LogP contribution in [0.4, 0.5) is 11.4 Å². The Hall–Kier alpha value is -1.62. The molecule has 90 valence electrons. The van der Waals surface area contributed by atoms with Crippen LogP contribution in [0.25, 0.3) is 0 Å². The Bertz CT molecular complexity index is 449. The largest absolute Gasteiger partial charge is 0.367 e. The molecule has 5 nitrogen and oxygen atoms in total. The zero-order valence-corrected chi connectivity index (χ0v) is 9.50. The van der Waals surface area contributed by atoms with Gasteiger partial charge in [-0.2, -0.15) is 0 Å². The fourth-order valence-electron chi connectivity index (χ4n) is 2.95. The standard InChI is InChI=1S/C12H15N3O2/c16-15(17)11-3-1-2-10(6-11)14-5-4-9-7-13-8-12(9)14/h1-3,6,9,12-13H,4-5,7-8H2/t9-,12+/m1/s1. The van der Waals surface area contributed by atoms with Crippen LogP contribution in [0.3, 0.4) is 0 Å². The average Bonchev–Trinajstić information content (AvgIpc) is 2.90. The summed E-state index contributed by atoms with van der Waals surface area (Å²) < 4.78 is 0. The maximum atomic E-state index is 10.8. The molecule has 2 aliphatic rings. The van der Waals surface area contributed by atoms with Crippen molar-refractivity contribution in [3.8, 4) is 0 Å². The number of nitrogens with one attached hydrogen (secondary N) is 1. The van der Waals surface area contributed by atoms with Crippen LogP contribution in [0.5, 0.6) is 0 Å². The molecular weight excluding hydrogens is 218 g/mol. The van der Waals surface area contributed by atoms with E-state index in [9.17, 15) is 10.1 Å². The van der Waals surface area contributed by atoms with Gasteiger partial charge >= 0.3 is 0 Å². The first-order valence-electron chi connectivity index (χ1n) is 5.97. The summed E-state index contributed by atoms with van der Waals surface area (Å²) in [7, 11) is 0. The molecule has 2 saturated heterocycles. The SMILES string of the molecule is O=[N+]([O-])c1cccc(N2CC[C@@H]3CNC[C@@H]32)c1. The van der Waals surface area contributed by atoms with Crippen molar-refractivity contribution < 1.29 is 4.92 Å². The number of anilines is 1. The van der Waals surface area contributed by atoms with Gasteiger partial charge in [0.25, 0.3) is 5.69 Å². The molecule has 17 heavy (non-hydrogen) atoms. The van der Waals surface area contributed by atoms with Gasteiger partial charge < -0.3 is 10.2 Å². The van der Waals surface area contributed by atoms with E-state index in [1.165, 1.54) is 6.42 Å². The van der Waals surface area contributed by atoms with Gasteiger partial charge in [-0.1, -0.05) is 6.07 Å². The lowest BCUT2D eigenvalue weighted by atomic mass is 10.1. The van der Waals surface area contributed by atoms with Crippen LogP contribution >= 0.6 is 0 Å². The van der Waals surface area contributed by atoms with Crippen molar-refractivity contribution in [2.45, 2.75) is 12.5 Å². The Morgan fingerprint density at radius 1 is 1.41 bits per heavy atom. The van der Waals surface area contributed by atoms with Gasteiger partial charge in [0.2, 0.25) is 0 Å². The predicted octanol–water partition coefficient (Wildman–Crippen LogP) is 1.39. The van der Waals surface area contributed by atoms with Gasteiger partial charge in [0.05, 0.1) is 4.92 Å². The van der Waals surface area contributed by atoms with Crippen LogP contribution in [-0.4, -0.2) is 30.6 Å². The average molecular weight is 233 g/mol. The summed E-state index contributed by atoms with van der Waals surface area (Å²) in [5.41, 5.74) is 1.16. The first-order chi connectivity index (χ1) is 8.25. The Kier molecular flexibility index (Phi) is 2.48. The topological polar surface area (TPSA) is 58.4 Å². The first-order valence-corrected chi connectivity index (χ1v) is 5.97. The highest BCUT2D eigenvalue weighted by atomic mass is 16.6. The molecule has 0 saturated carbocycles. The second-order valence-corrected chi connectivity index (χ2v) is 4.74. The molecule has 0 spiro atoms. The zero-order valence-electron chi connectivity index (χ0n) is 9.50. The maximum Gasteiger partial charge on any atom is 0.271 e. The molecule has 1 N–H and O–H groups in total. The highest BCUT2D eigenvalue weighted by Crippen LogP contribution is 2.33. The minimum Gasteiger partial charge on any atom is -0.367 e. The number of nitro benzene ring substituents is 1. The molecule has 0 aromatic heterocycles. The molecule has 1 aromatic carbocycles. The lowest BCUT2D eigenvalue weighted by molar-refractivity contribution is -0.384. The summed E-state index contributed by atoms with van der Waals surface area (Å²) in [4.78, 5) is 12.7. The third-order valence-corrected chi connectivity index (χ3v) is 3.82. The molecule has 0 amide bonds.